The van der Waals surface area contributed by atoms with E-state index in [1.807, 2.05) is 0 Å². The van der Waals surface area contributed by atoms with Gasteiger partial charge in [-0.15, -0.1) is 0 Å². The number of alkyl halides is 3. The highest BCUT2D eigenvalue weighted by Crippen LogP contribution is 2.33. The number of carbonyl (C=O) groups excluding carboxylic acids is 2. The molecule has 0 saturated carbocycles. The van der Waals surface area contributed by atoms with Gasteiger partial charge in [0, 0.05) is 18.7 Å². The number of furan rings is 1. The van der Waals surface area contributed by atoms with E-state index in [9.17, 15) is 22.8 Å². The van der Waals surface area contributed by atoms with Gasteiger partial charge in [0.15, 0.2) is 5.76 Å². The predicted molar refractivity (Wildman–Crippen MR) is 88.6 cm³/mol. The summed E-state index contributed by atoms with van der Waals surface area (Å²) in [5.41, 5.74) is 4.46. The lowest BCUT2D eigenvalue weighted by Crippen LogP contribution is -2.31. The quantitative estimate of drug-likeness (QED) is 0.862. The SMILES string of the molecule is NC(=O)COC1CCN(C(=O)c2ccc(-c3cccc(C(F)(F)F)c3)o2)C1. The van der Waals surface area contributed by atoms with Gasteiger partial charge in [0.05, 0.1) is 11.7 Å². The van der Waals surface area contributed by atoms with Crippen LogP contribution in [0.1, 0.15) is 22.5 Å². The molecule has 0 spiro atoms. The van der Waals surface area contributed by atoms with E-state index in [2.05, 4.69) is 0 Å². The average Bonchev–Trinajstić information content (AvgIpc) is 3.28. The molecule has 0 bridgehead atoms. The Bertz CT molecular complexity index is 847. The molecule has 1 fully saturated rings. The van der Waals surface area contributed by atoms with Crippen molar-refractivity contribution in [2.45, 2.75) is 18.7 Å². The van der Waals surface area contributed by atoms with Crippen molar-refractivity contribution in [2.24, 2.45) is 5.73 Å². The zero-order valence-corrected chi connectivity index (χ0v) is 14.2. The van der Waals surface area contributed by atoms with Crippen molar-refractivity contribution in [2.75, 3.05) is 19.7 Å². The maximum absolute atomic E-state index is 12.8. The molecule has 3 rings (SSSR count). The first kappa shape index (κ1) is 19.0. The van der Waals surface area contributed by atoms with Crippen LogP contribution in [0.5, 0.6) is 0 Å². The fourth-order valence-corrected chi connectivity index (χ4v) is 2.86. The fourth-order valence-electron chi connectivity index (χ4n) is 2.86. The van der Waals surface area contributed by atoms with Crippen LogP contribution in [-0.4, -0.2) is 42.5 Å². The maximum atomic E-state index is 12.8. The van der Waals surface area contributed by atoms with Gasteiger partial charge in [-0.25, -0.2) is 0 Å². The molecule has 0 radical (unpaired) electrons. The Morgan fingerprint density at radius 1 is 1.26 bits per heavy atom. The van der Waals surface area contributed by atoms with Gasteiger partial charge in [0.1, 0.15) is 12.4 Å². The lowest BCUT2D eigenvalue weighted by atomic mass is 10.1. The largest absolute Gasteiger partial charge is 0.451 e. The second kappa shape index (κ2) is 7.43. The normalized spacial score (nSPS) is 17.3. The number of carbonyl (C=O) groups is 2. The van der Waals surface area contributed by atoms with Crippen molar-refractivity contribution in [3.05, 3.63) is 47.7 Å². The third-order valence-corrected chi connectivity index (χ3v) is 4.18. The summed E-state index contributed by atoms with van der Waals surface area (Å²) in [6, 6.07) is 7.58. The number of nitrogens with two attached hydrogens (primary N) is 1. The van der Waals surface area contributed by atoms with Crippen molar-refractivity contribution in [1.82, 2.24) is 4.90 Å². The third kappa shape index (κ3) is 4.48. The number of hydrogen-bond acceptors (Lipinski definition) is 4. The van der Waals surface area contributed by atoms with E-state index in [-0.39, 0.29) is 36.3 Å². The highest BCUT2D eigenvalue weighted by atomic mass is 19.4. The molecule has 27 heavy (non-hydrogen) atoms. The van der Waals surface area contributed by atoms with Crippen LogP contribution in [0.3, 0.4) is 0 Å². The molecule has 1 aromatic heterocycles. The van der Waals surface area contributed by atoms with Crippen LogP contribution >= 0.6 is 0 Å². The van der Waals surface area contributed by atoms with E-state index in [0.29, 0.717) is 13.0 Å². The number of nitrogens with zero attached hydrogens (tertiary/aromatic N) is 1. The van der Waals surface area contributed by atoms with Gasteiger partial charge in [-0.1, -0.05) is 12.1 Å². The molecule has 2 aromatic rings. The predicted octanol–water partition coefficient (Wildman–Crippen LogP) is 2.68. The van der Waals surface area contributed by atoms with Crippen LogP contribution in [0.25, 0.3) is 11.3 Å². The van der Waals surface area contributed by atoms with Gasteiger partial charge in [-0.05, 0) is 30.7 Å². The fraction of sp³-hybridized carbons (Fsp3) is 0.333. The number of hydrogen-bond donors (Lipinski definition) is 1. The molecule has 1 saturated heterocycles. The molecule has 1 aromatic carbocycles. The summed E-state index contributed by atoms with van der Waals surface area (Å²) < 4.78 is 49.3. The molecular weight excluding hydrogens is 365 g/mol. The third-order valence-electron chi connectivity index (χ3n) is 4.18. The maximum Gasteiger partial charge on any atom is 0.416 e. The van der Waals surface area contributed by atoms with Gasteiger partial charge in [-0.3, -0.25) is 9.59 Å². The molecule has 1 unspecified atom stereocenters. The molecular formula is C18H17F3N2O4. The van der Waals surface area contributed by atoms with Gasteiger partial charge < -0.3 is 19.8 Å². The first-order valence-electron chi connectivity index (χ1n) is 8.20. The van der Waals surface area contributed by atoms with E-state index in [0.717, 1.165) is 12.1 Å². The number of ether oxygens (including phenoxy) is 1. The molecule has 1 aliphatic heterocycles. The summed E-state index contributed by atoms with van der Waals surface area (Å²) in [6.07, 6.45) is -4.20. The van der Waals surface area contributed by atoms with Gasteiger partial charge in [-0.2, -0.15) is 13.2 Å². The lowest BCUT2D eigenvalue weighted by molar-refractivity contribution is -0.137. The number of amides is 2. The Labute approximate surface area is 152 Å². The zero-order valence-electron chi connectivity index (χ0n) is 14.2. The molecule has 1 atom stereocenters. The van der Waals surface area contributed by atoms with Crippen LogP contribution in [0.15, 0.2) is 40.8 Å². The summed E-state index contributed by atoms with van der Waals surface area (Å²) in [6.45, 7) is 0.487. The van der Waals surface area contributed by atoms with Crippen molar-refractivity contribution in [1.29, 1.82) is 0 Å². The minimum Gasteiger partial charge on any atom is -0.451 e. The highest BCUT2D eigenvalue weighted by molar-refractivity contribution is 5.92. The number of likely N-dealkylation sites (tertiary alicyclic amines) is 1. The molecule has 2 N–H and O–H groups in total. The smallest absolute Gasteiger partial charge is 0.416 e. The first-order valence-corrected chi connectivity index (χ1v) is 8.20. The topological polar surface area (TPSA) is 85.8 Å². The molecule has 0 aliphatic carbocycles. The number of primary amides is 1. The lowest BCUT2D eigenvalue weighted by Gasteiger charge is -2.15. The minimum atomic E-state index is -4.46. The van der Waals surface area contributed by atoms with E-state index in [4.69, 9.17) is 14.9 Å². The Morgan fingerprint density at radius 3 is 2.74 bits per heavy atom. The van der Waals surface area contributed by atoms with Crippen LogP contribution in [0.2, 0.25) is 0 Å². The van der Waals surface area contributed by atoms with Crippen molar-refractivity contribution in [3.8, 4) is 11.3 Å². The summed E-state index contributed by atoms with van der Waals surface area (Å²) in [5, 5.41) is 0. The standard InChI is InChI=1S/C18H17F3N2O4/c19-18(20,21)12-3-1-2-11(8-12)14-4-5-15(27-14)17(25)23-7-6-13(9-23)26-10-16(22)24/h1-5,8,13H,6-7,9-10H2,(H2,22,24). The summed E-state index contributed by atoms with van der Waals surface area (Å²) in [4.78, 5) is 24.8. The van der Waals surface area contributed by atoms with Crippen molar-refractivity contribution >= 4 is 11.8 Å². The zero-order chi connectivity index (χ0) is 19.6. The summed E-state index contributed by atoms with van der Waals surface area (Å²) in [7, 11) is 0. The van der Waals surface area contributed by atoms with E-state index in [1.54, 1.807) is 0 Å². The second-order valence-electron chi connectivity index (χ2n) is 6.18. The Morgan fingerprint density at radius 2 is 2.04 bits per heavy atom. The Kier molecular flexibility index (Phi) is 5.22. The van der Waals surface area contributed by atoms with E-state index >= 15 is 0 Å². The first-order chi connectivity index (χ1) is 12.7. The minimum absolute atomic E-state index is 0.0259. The van der Waals surface area contributed by atoms with E-state index in [1.165, 1.54) is 29.2 Å². The molecule has 9 heteroatoms. The summed E-state index contributed by atoms with van der Waals surface area (Å²) in [5.74, 6) is -0.780. The van der Waals surface area contributed by atoms with Gasteiger partial charge in [0.2, 0.25) is 5.91 Å². The average molecular weight is 382 g/mol. The molecule has 144 valence electrons. The Balaban J connectivity index is 1.69. The van der Waals surface area contributed by atoms with Gasteiger partial charge in [0.25, 0.3) is 5.91 Å². The number of halogens is 3. The summed E-state index contributed by atoms with van der Waals surface area (Å²) >= 11 is 0. The van der Waals surface area contributed by atoms with Crippen molar-refractivity contribution in [3.63, 3.8) is 0 Å². The second-order valence-corrected chi connectivity index (χ2v) is 6.18. The number of benzene rings is 1. The Hall–Kier alpha value is -2.81. The molecule has 2 amide bonds. The highest BCUT2D eigenvalue weighted by Gasteiger charge is 2.31. The molecule has 6 nitrogen and oxygen atoms in total. The van der Waals surface area contributed by atoms with Crippen LogP contribution in [0, 0.1) is 0 Å². The number of rotatable bonds is 5. The molecule has 2 heterocycles. The van der Waals surface area contributed by atoms with Crippen LogP contribution in [-0.2, 0) is 15.7 Å². The molecule has 1 aliphatic rings. The monoisotopic (exact) mass is 382 g/mol. The van der Waals surface area contributed by atoms with E-state index < -0.39 is 23.6 Å². The van der Waals surface area contributed by atoms with Crippen LogP contribution < -0.4 is 5.73 Å². The van der Waals surface area contributed by atoms with Crippen molar-refractivity contribution < 1.29 is 31.9 Å². The van der Waals surface area contributed by atoms with Crippen LogP contribution in [0.4, 0.5) is 13.2 Å². The van der Waals surface area contributed by atoms with Gasteiger partial charge >= 0.3 is 6.18 Å².